The monoisotopic (exact) mass is 849 g/mol. The van der Waals surface area contributed by atoms with Gasteiger partial charge in [0.25, 0.3) is 0 Å². The van der Waals surface area contributed by atoms with E-state index in [9.17, 15) is 14.4 Å². The van der Waals surface area contributed by atoms with Gasteiger partial charge in [0.1, 0.15) is 13.2 Å². The minimum absolute atomic E-state index is 0.0617. The van der Waals surface area contributed by atoms with Gasteiger partial charge in [-0.25, -0.2) is 0 Å². The van der Waals surface area contributed by atoms with Gasteiger partial charge in [-0.3, -0.25) is 14.4 Å². The minimum Gasteiger partial charge on any atom is -0.462 e. The van der Waals surface area contributed by atoms with Crippen molar-refractivity contribution in [2.75, 3.05) is 13.2 Å². The van der Waals surface area contributed by atoms with E-state index in [2.05, 4.69) is 20.8 Å². The van der Waals surface area contributed by atoms with Gasteiger partial charge in [0.05, 0.1) is 0 Å². The van der Waals surface area contributed by atoms with Crippen LogP contribution in [0.2, 0.25) is 0 Å². The highest BCUT2D eigenvalue weighted by molar-refractivity contribution is 5.71. The van der Waals surface area contributed by atoms with Crippen LogP contribution in [0.3, 0.4) is 0 Å². The Bertz CT molecular complexity index is 889. The van der Waals surface area contributed by atoms with Gasteiger partial charge in [0, 0.05) is 19.3 Å². The second kappa shape index (κ2) is 50.1. The zero-order valence-electron chi connectivity index (χ0n) is 40.8. The second-order valence-electron chi connectivity index (χ2n) is 18.5. The van der Waals surface area contributed by atoms with Gasteiger partial charge in [-0.05, 0) is 19.3 Å². The Morgan fingerprint density at radius 2 is 0.450 bits per heavy atom. The first-order chi connectivity index (χ1) is 29.5. The summed E-state index contributed by atoms with van der Waals surface area (Å²) in [6, 6.07) is 0. The zero-order chi connectivity index (χ0) is 43.7. The van der Waals surface area contributed by atoms with Crippen LogP contribution in [0, 0.1) is 0 Å². The molecule has 0 N–H and O–H groups in total. The third kappa shape index (κ3) is 47.5. The quantitative estimate of drug-likeness (QED) is 0.0345. The summed E-state index contributed by atoms with van der Waals surface area (Å²) in [7, 11) is 0. The van der Waals surface area contributed by atoms with Crippen molar-refractivity contribution in [3.63, 3.8) is 0 Å². The number of esters is 3. The maximum absolute atomic E-state index is 12.8. The summed E-state index contributed by atoms with van der Waals surface area (Å²) in [6.07, 6.45) is 53.7. The summed E-state index contributed by atoms with van der Waals surface area (Å²) in [5.74, 6) is -0.840. The maximum Gasteiger partial charge on any atom is 0.306 e. The smallest absolute Gasteiger partial charge is 0.306 e. The lowest BCUT2D eigenvalue weighted by Gasteiger charge is -2.18. The average Bonchev–Trinajstić information content (AvgIpc) is 3.24. The van der Waals surface area contributed by atoms with E-state index in [-0.39, 0.29) is 31.1 Å². The van der Waals surface area contributed by atoms with Crippen molar-refractivity contribution in [2.45, 2.75) is 316 Å². The zero-order valence-corrected chi connectivity index (χ0v) is 40.8. The lowest BCUT2D eigenvalue weighted by atomic mass is 10.0. The number of ether oxygens (including phenoxy) is 3. The number of rotatable bonds is 50. The van der Waals surface area contributed by atoms with Crippen LogP contribution in [0.1, 0.15) is 310 Å². The topological polar surface area (TPSA) is 78.9 Å². The molecule has 6 nitrogen and oxygen atoms in total. The summed E-state index contributed by atoms with van der Waals surface area (Å²) >= 11 is 0. The van der Waals surface area contributed by atoms with Crippen LogP contribution in [0.15, 0.2) is 0 Å². The van der Waals surface area contributed by atoms with E-state index in [4.69, 9.17) is 14.2 Å². The van der Waals surface area contributed by atoms with Crippen LogP contribution < -0.4 is 0 Å². The molecular weight excluding hydrogens is 745 g/mol. The highest BCUT2D eigenvalue weighted by Gasteiger charge is 2.19. The van der Waals surface area contributed by atoms with E-state index in [1.165, 1.54) is 212 Å². The molecular formula is C54H104O6. The molecule has 0 bridgehead atoms. The van der Waals surface area contributed by atoms with Crippen molar-refractivity contribution in [1.82, 2.24) is 0 Å². The van der Waals surface area contributed by atoms with E-state index >= 15 is 0 Å². The van der Waals surface area contributed by atoms with E-state index in [1.807, 2.05) is 0 Å². The summed E-state index contributed by atoms with van der Waals surface area (Å²) < 4.78 is 16.8. The molecule has 0 saturated carbocycles. The Hall–Kier alpha value is -1.59. The lowest BCUT2D eigenvalue weighted by Crippen LogP contribution is -2.30. The number of carbonyl (C=O) groups is 3. The number of hydrogen-bond acceptors (Lipinski definition) is 6. The number of carbonyl (C=O) groups excluding carboxylic acids is 3. The fourth-order valence-electron chi connectivity index (χ4n) is 8.27. The molecule has 0 aliphatic rings. The van der Waals surface area contributed by atoms with E-state index < -0.39 is 6.10 Å². The molecule has 0 rings (SSSR count). The third-order valence-corrected chi connectivity index (χ3v) is 12.4. The first kappa shape index (κ1) is 58.4. The first-order valence-corrected chi connectivity index (χ1v) is 27.0. The molecule has 0 aliphatic heterocycles. The van der Waals surface area contributed by atoms with Gasteiger partial charge in [-0.2, -0.15) is 0 Å². The van der Waals surface area contributed by atoms with Crippen LogP contribution in [0.25, 0.3) is 0 Å². The Kier molecular flexibility index (Phi) is 48.7. The van der Waals surface area contributed by atoms with Crippen molar-refractivity contribution in [3.05, 3.63) is 0 Å². The van der Waals surface area contributed by atoms with E-state index in [0.717, 1.165) is 57.8 Å². The molecule has 0 aromatic carbocycles. The van der Waals surface area contributed by atoms with Gasteiger partial charge >= 0.3 is 17.9 Å². The predicted octanol–water partition coefficient (Wildman–Crippen LogP) is 17.6. The highest BCUT2D eigenvalue weighted by Crippen LogP contribution is 2.17. The Morgan fingerprint density at radius 3 is 0.667 bits per heavy atom. The standard InChI is InChI=1S/C54H104O6/c1-4-7-10-13-16-19-22-24-26-27-28-29-31-33-36-39-42-45-48-54(57)60-51(49-58-52(55)46-43-40-37-34-21-18-15-12-9-6-3)50-59-53(56)47-44-41-38-35-32-30-25-23-20-17-14-11-8-5-2/h51H,4-50H2,1-3H3/t51-/m0/s1. The van der Waals surface area contributed by atoms with Gasteiger partial charge in [0.15, 0.2) is 6.10 Å². The van der Waals surface area contributed by atoms with Crippen LogP contribution in [-0.4, -0.2) is 37.2 Å². The average molecular weight is 849 g/mol. The normalized spacial score (nSPS) is 11.8. The molecule has 0 unspecified atom stereocenters. The van der Waals surface area contributed by atoms with Crippen LogP contribution in [0.5, 0.6) is 0 Å². The van der Waals surface area contributed by atoms with E-state index in [0.29, 0.717) is 19.3 Å². The molecule has 60 heavy (non-hydrogen) atoms. The molecule has 0 aromatic rings. The molecule has 0 amide bonds. The predicted molar refractivity (Wildman–Crippen MR) is 257 cm³/mol. The molecule has 0 saturated heterocycles. The van der Waals surface area contributed by atoms with Crippen molar-refractivity contribution < 1.29 is 28.6 Å². The summed E-state index contributed by atoms with van der Waals surface area (Å²) in [6.45, 7) is 6.68. The van der Waals surface area contributed by atoms with Crippen molar-refractivity contribution >= 4 is 17.9 Å². The lowest BCUT2D eigenvalue weighted by molar-refractivity contribution is -0.167. The molecule has 0 aliphatic carbocycles. The minimum atomic E-state index is -0.759. The van der Waals surface area contributed by atoms with Crippen molar-refractivity contribution in [2.24, 2.45) is 0 Å². The number of unbranched alkanes of at least 4 members (excludes halogenated alkanes) is 39. The summed E-state index contributed by atoms with van der Waals surface area (Å²) in [5, 5.41) is 0. The van der Waals surface area contributed by atoms with Crippen LogP contribution >= 0.6 is 0 Å². The fraction of sp³-hybridized carbons (Fsp3) is 0.944. The van der Waals surface area contributed by atoms with Crippen LogP contribution in [0.4, 0.5) is 0 Å². The summed E-state index contributed by atoms with van der Waals surface area (Å²) in [5.41, 5.74) is 0. The highest BCUT2D eigenvalue weighted by atomic mass is 16.6. The second-order valence-corrected chi connectivity index (χ2v) is 18.5. The molecule has 0 aromatic heterocycles. The van der Waals surface area contributed by atoms with Gasteiger partial charge in [-0.15, -0.1) is 0 Å². The first-order valence-electron chi connectivity index (χ1n) is 27.0. The molecule has 0 heterocycles. The van der Waals surface area contributed by atoms with Crippen LogP contribution in [-0.2, 0) is 28.6 Å². The van der Waals surface area contributed by atoms with Crippen molar-refractivity contribution in [3.8, 4) is 0 Å². The fourth-order valence-corrected chi connectivity index (χ4v) is 8.27. The SMILES string of the molecule is CCCCCCCCCCCCCCCCCCCCC(=O)O[C@@H](COC(=O)CCCCCCCCCCCC)COC(=O)CCCCCCCCCCCCCCCC. The van der Waals surface area contributed by atoms with Crippen molar-refractivity contribution in [1.29, 1.82) is 0 Å². The van der Waals surface area contributed by atoms with E-state index in [1.54, 1.807) is 0 Å². The largest absolute Gasteiger partial charge is 0.462 e. The molecule has 1 atom stereocenters. The van der Waals surface area contributed by atoms with Gasteiger partial charge in [-0.1, -0.05) is 271 Å². The Morgan fingerprint density at radius 1 is 0.267 bits per heavy atom. The maximum atomic E-state index is 12.8. The molecule has 0 spiro atoms. The molecule has 6 heteroatoms. The molecule has 0 radical (unpaired) electrons. The number of hydrogen-bond donors (Lipinski definition) is 0. The summed E-state index contributed by atoms with van der Waals surface area (Å²) in [4.78, 5) is 37.9. The van der Waals surface area contributed by atoms with Gasteiger partial charge < -0.3 is 14.2 Å². The third-order valence-electron chi connectivity index (χ3n) is 12.4. The Labute approximate surface area is 374 Å². The molecule has 356 valence electrons. The van der Waals surface area contributed by atoms with Gasteiger partial charge in [0.2, 0.25) is 0 Å². The molecule has 0 fully saturated rings. The Balaban J connectivity index is 4.25.